The molecule has 1 saturated heterocycles. The number of benzene rings is 1. The lowest BCUT2D eigenvalue weighted by Gasteiger charge is -2.16. The van der Waals surface area contributed by atoms with Crippen LogP contribution in [0.1, 0.15) is 24.8 Å². The average Bonchev–Trinajstić information content (AvgIpc) is 2.92. The van der Waals surface area contributed by atoms with Gasteiger partial charge in [-0.05, 0) is 18.9 Å². The molecule has 5 heteroatoms. The maximum Gasteiger partial charge on any atom is 0.166 e. The molecule has 1 atom stereocenters. The van der Waals surface area contributed by atoms with E-state index in [1.165, 1.54) is 0 Å². The molecule has 1 aromatic carbocycles. The van der Waals surface area contributed by atoms with Crippen LogP contribution < -0.4 is 9.47 Å². The van der Waals surface area contributed by atoms with Crippen LogP contribution >= 0.6 is 11.6 Å². The Morgan fingerprint density at radius 3 is 2.95 bits per heavy atom. The first-order valence-corrected chi connectivity index (χ1v) is 6.84. The van der Waals surface area contributed by atoms with E-state index >= 15 is 0 Å². The zero-order valence-electron chi connectivity index (χ0n) is 11.0. The summed E-state index contributed by atoms with van der Waals surface area (Å²) in [5.74, 6) is 1.11. The first kappa shape index (κ1) is 14.4. The zero-order valence-corrected chi connectivity index (χ0v) is 11.8. The van der Waals surface area contributed by atoms with Crippen molar-refractivity contribution in [3.8, 4) is 11.5 Å². The monoisotopic (exact) mass is 286 g/mol. The van der Waals surface area contributed by atoms with Crippen LogP contribution in [0.4, 0.5) is 0 Å². The third kappa shape index (κ3) is 3.75. The maximum atomic E-state index is 9.35. The Kier molecular flexibility index (Phi) is 5.31. The van der Waals surface area contributed by atoms with Gasteiger partial charge >= 0.3 is 0 Å². The molecule has 1 N–H and O–H groups in total. The van der Waals surface area contributed by atoms with Gasteiger partial charge in [0.25, 0.3) is 0 Å². The van der Waals surface area contributed by atoms with E-state index in [-0.39, 0.29) is 12.7 Å². The standard InChI is InChI=1S/C14H19ClO4/c1-17-13-8-11(15)7-10(9-16)14(13)19-6-4-12-3-2-5-18-12/h7-8,12,16H,2-6,9H2,1H3. The highest BCUT2D eigenvalue weighted by atomic mass is 35.5. The van der Waals surface area contributed by atoms with Crippen LogP contribution in [-0.4, -0.2) is 31.5 Å². The molecule has 1 fully saturated rings. The summed E-state index contributed by atoms with van der Waals surface area (Å²) in [5, 5.41) is 9.88. The second-order valence-corrected chi connectivity index (χ2v) is 4.96. The van der Waals surface area contributed by atoms with E-state index in [2.05, 4.69) is 0 Å². The molecule has 0 radical (unpaired) electrons. The molecule has 106 valence electrons. The highest BCUT2D eigenvalue weighted by Crippen LogP contribution is 2.35. The van der Waals surface area contributed by atoms with Gasteiger partial charge in [0.15, 0.2) is 11.5 Å². The summed E-state index contributed by atoms with van der Waals surface area (Å²) >= 11 is 5.95. The molecule has 19 heavy (non-hydrogen) atoms. The Morgan fingerprint density at radius 1 is 1.47 bits per heavy atom. The summed E-state index contributed by atoms with van der Waals surface area (Å²) in [6.45, 7) is 1.25. The lowest BCUT2D eigenvalue weighted by Crippen LogP contribution is -2.11. The average molecular weight is 287 g/mol. The van der Waals surface area contributed by atoms with Crippen molar-refractivity contribution in [2.75, 3.05) is 20.3 Å². The SMILES string of the molecule is COc1cc(Cl)cc(CO)c1OCCC1CCCO1. The summed E-state index contributed by atoms with van der Waals surface area (Å²) in [6.07, 6.45) is 3.34. The molecule has 1 unspecified atom stereocenters. The molecule has 1 heterocycles. The Morgan fingerprint density at radius 2 is 2.32 bits per heavy atom. The molecule has 1 aromatic rings. The molecular formula is C14H19ClO4. The molecule has 0 bridgehead atoms. The van der Waals surface area contributed by atoms with Crippen molar-refractivity contribution >= 4 is 11.6 Å². The molecule has 0 aliphatic carbocycles. The molecular weight excluding hydrogens is 268 g/mol. The third-order valence-electron chi connectivity index (χ3n) is 3.20. The van der Waals surface area contributed by atoms with Gasteiger partial charge in [-0.25, -0.2) is 0 Å². The molecule has 1 aliphatic heterocycles. The molecule has 2 rings (SSSR count). The molecule has 4 nitrogen and oxygen atoms in total. The number of ether oxygens (including phenoxy) is 3. The van der Waals surface area contributed by atoms with Gasteiger partial charge in [0.05, 0.1) is 26.4 Å². The number of rotatable bonds is 6. The van der Waals surface area contributed by atoms with Gasteiger partial charge in [-0.1, -0.05) is 11.6 Å². The van der Waals surface area contributed by atoms with Gasteiger partial charge in [-0.15, -0.1) is 0 Å². The van der Waals surface area contributed by atoms with Gasteiger partial charge in [-0.3, -0.25) is 0 Å². The van der Waals surface area contributed by atoms with E-state index in [0.29, 0.717) is 28.7 Å². The van der Waals surface area contributed by atoms with Crippen molar-refractivity contribution in [2.24, 2.45) is 0 Å². The maximum absolute atomic E-state index is 9.35. The zero-order chi connectivity index (χ0) is 13.7. The molecule has 0 spiro atoms. The van der Waals surface area contributed by atoms with Crippen LogP contribution in [0.2, 0.25) is 5.02 Å². The van der Waals surface area contributed by atoms with Crippen molar-refractivity contribution in [1.82, 2.24) is 0 Å². The Balaban J connectivity index is 2.00. The van der Waals surface area contributed by atoms with Gasteiger partial charge < -0.3 is 19.3 Å². The summed E-state index contributed by atoms with van der Waals surface area (Å²) in [6, 6.07) is 3.37. The summed E-state index contributed by atoms with van der Waals surface area (Å²) in [5.41, 5.74) is 0.636. The lowest BCUT2D eigenvalue weighted by atomic mass is 10.2. The van der Waals surface area contributed by atoms with Crippen LogP contribution in [0.5, 0.6) is 11.5 Å². The van der Waals surface area contributed by atoms with Gasteiger partial charge in [0, 0.05) is 29.7 Å². The fraction of sp³-hybridized carbons (Fsp3) is 0.571. The smallest absolute Gasteiger partial charge is 0.166 e. The normalized spacial score (nSPS) is 18.6. The topological polar surface area (TPSA) is 47.9 Å². The summed E-state index contributed by atoms with van der Waals surface area (Å²) < 4.78 is 16.5. The number of halogens is 1. The highest BCUT2D eigenvalue weighted by Gasteiger charge is 2.17. The minimum absolute atomic E-state index is 0.133. The Hall–Kier alpha value is -0.970. The predicted octanol–water partition coefficient (Wildman–Crippen LogP) is 2.79. The Labute approximate surface area is 118 Å². The largest absolute Gasteiger partial charge is 0.493 e. The van der Waals surface area contributed by atoms with Crippen LogP contribution in [0.3, 0.4) is 0 Å². The number of aliphatic hydroxyl groups excluding tert-OH is 1. The van der Waals surface area contributed by atoms with Crippen LogP contribution in [0.25, 0.3) is 0 Å². The quantitative estimate of drug-likeness (QED) is 0.873. The fourth-order valence-corrected chi connectivity index (χ4v) is 2.45. The van der Waals surface area contributed by atoms with Gasteiger partial charge in [0.1, 0.15) is 0 Å². The third-order valence-corrected chi connectivity index (χ3v) is 3.42. The van der Waals surface area contributed by atoms with Crippen LogP contribution in [-0.2, 0) is 11.3 Å². The van der Waals surface area contributed by atoms with E-state index in [0.717, 1.165) is 25.9 Å². The summed E-state index contributed by atoms with van der Waals surface area (Å²) in [4.78, 5) is 0. The lowest BCUT2D eigenvalue weighted by molar-refractivity contribution is 0.0894. The number of hydrogen-bond donors (Lipinski definition) is 1. The van der Waals surface area contributed by atoms with Crippen molar-refractivity contribution in [3.05, 3.63) is 22.7 Å². The van der Waals surface area contributed by atoms with E-state index in [4.69, 9.17) is 25.8 Å². The summed E-state index contributed by atoms with van der Waals surface area (Å²) in [7, 11) is 1.56. The van der Waals surface area contributed by atoms with Crippen molar-refractivity contribution in [3.63, 3.8) is 0 Å². The minimum Gasteiger partial charge on any atom is -0.493 e. The second kappa shape index (κ2) is 6.98. The van der Waals surface area contributed by atoms with E-state index in [1.807, 2.05) is 0 Å². The van der Waals surface area contributed by atoms with Crippen molar-refractivity contribution in [1.29, 1.82) is 0 Å². The molecule has 0 amide bonds. The van der Waals surface area contributed by atoms with E-state index < -0.39 is 0 Å². The number of aliphatic hydroxyl groups is 1. The fourth-order valence-electron chi connectivity index (χ4n) is 2.22. The highest BCUT2D eigenvalue weighted by molar-refractivity contribution is 6.30. The van der Waals surface area contributed by atoms with Crippen molar-refractivity contribution < 1.29 is 19.3 Å². The first-order valence-electron chi connectivity index (χ1n) is 6.46. The Bertz CT molecular complexity index is 391. The van der Waals surface area contributed by atoms with Crippen molar-refractivity contribution in [2.45, 2.75) is 32.0 Å². The predicted molar refractivity (Wildman–Crippen MR) is 73.0 cm³/mol. The molecule has 1 aliphatic rings. The van der Waals surface area contributed by atoms with Crippen LogP contribution in [0.15, 0.2) is 12.1 Å². The van der Waals surface area contributed by atoms with Gasteiger partial charge in [0.2, 0.25) is 0 Å². The van der Waals surface area contributed by atoms with E-state index in [1.54, 1.807) is 19.2 Å². The number of methoxy groups -OCH3 is 1. The molecule has 0 saturated carbocycles. The van der Waals surface area contributed by atoms with Crippen LogP contribution in [0, 0.1) is 0 Å². The van der Waals surface area contributed by atoms with E-state index in [9.17, 15) is 5.11 Å². The molecule has 0 aromatic heterocycles. The minimum atomic E-state index is -0.133. The second-order valence-electron chi connectivity index (χ2n) is 4.53. The first-order chi connectivity index (χ1) is 9.24. The number of hydrogen-bond acceptors (Lipinski definition) is 4. The van der Waals surface area contributed by atoms with Gasteiger partial charge in [-0.2, -0.15) is 0 Å².